The van der Waals surface area contributed by atoms with Crippen molar-refractivity contribution in [3.63, 3.8) is 0 Å². The molecule has 8 heteroatoms. The summed E-state index contributed by atoms with van der Waals surface area (Å²) in [6, 6.07) is -0.553. The van der Waals surface area contributed by atoms with Gasteiger partial charge in [-0.25, -0.2) is 9.78 Å². The molecule has 2 amide bonds. The lowest BCUT2D eigenvalue weighted by molar-refractivity contribution is -0.142. The molecule has 1 unspecified atom stereocenters. The highest BCUT2D eigenvalue weighted by Crippen LogP contribution is 2.11. The lowest BCUT2D eigenvalue weighted by Gasteiger charge is -2.15. The third-order valence-electron chi connectivity index (χ3n) is 2.32. The first kappa shape index (κ1) is 14.8. The number of carbonyl (C=O) groups excluding carboxylic acids is 1. The normalized spacial score (nSPS) is 11.9. The maximum absolute atomic E-state index is 11.5. The van der Waals surface area contributed by atoms with Gasteiger partial charge in [-0.15, -0.1) is 5.10 Å². The molecule has 0 bridgehead atoms. The SMILES string of the molecule is CC(C)CC(CNC(=O)Nc1nccnn1)C(=O)O. The first-order chi connectivity index (χ1) is 8.99. The largest absolute Gasteiger partial charge is 0.481 e. The Morgan fingerprint density at radius 1 is 1.37 bits per heavy atom. The zero-order valence-corrected chi connectivity index (χ0v) is 10.8. The third kappa shape index (κ3) is 5.75. The molecule has 0 aliphatic rings. The summed E-state index contributed by atoms with van der Waals surface area (Å²) in [6.07, 6.45) is 3.27. The van der Waals surface area contributed by atoms with E-state index in [0.717, 1.165) is 0 Å². The minimum absolute atomic E-state index is 0.0552. The standard InChI is InChI=1S/C11H17N5O3/c1-7(2)5-8(9(17)18)6-13-11(19)15-10-12-3-4-14-16-10/h3-4,7-8H,5-6H2,1-2H3,(H,17,18)(H2,12,13,15,16,19). The lowest BCUT2D eigenvalue weighted by atomic mass is 9.97. The molecular formula is C11H17N5O3. The maximum atomic E-state index is 11.5. The Hall–Kier alpha value is -2.25. The van der Waals surface area contributed by atoms with Gasteiger partial charge in [0.25, 0.3) is 5.95 Å². The summed E-state index contributed by atoms with van der Waals surface area (Å²) in [7, 11) is 0. The van der Waals surface area contributed by atoms with Crippen LogP contribution in [0.15, 0.2) is 12.4 Å². The van der Waals surface area contributed by atoms with Crippen LogP contribution in [0, 0.1) is 11.8 Å². The number of rotatable bonds is 6. The Labute approximate surface area is 110 Å². The number of nitrogens with one attached hydrogen (secondary N) is 2. The predicted octanol–water partition coefficient (Wildman–Crippen LogP) is 0.740. The average Bonchev–Trinajstić information content (AvgIpc) is 2.35. The molecule has 0 saturated carbocycles. The number of amides is 2. The van der Waals surface area contributed by atoms with Gasteiger partial charge >= 0.3 is 12.0 Å². The van der Waals surface area contributed by atoms with Gasteiger partial charge in [0.2, 0.25) is 0 Å². The number of carboxylic acids is 1. The van der Waals surface area contributed by atoms with Crippen molar-refractivity contribution in [1.82, 2.24) is 20.5 Å². The molecule has 1 aromatic heterocycles. The van der Waals surface area contributed by atoms with Gasteiger partial charge < -0.3 is 10.4 Å². The van der Waals surface area contributed by atoms with E-state index in [1.54, 1.807) is 0 Å². The molecule has 0 radical (unpaired) electrons. The Morgan fingerprint density at radius 3 is 2.63 bits per heavy atom. The van der Waals surface area contributed by atoms with Gasteiger partial charge in [-0.05, 0) is 12.3 Å². The summed E-state index contributed by atoms with van der Waals surface area (Å²) in [5.41, 5.74) is 0. The van der Waals surface area contributed by atoms with Crippen molar-refractivity contribution in [2.24, 2.45) is 11.8 Å². The number of aliphatic carboxylic acids is 1. The minimum atomic E-state index is -0.924. The molecule has 1 aromatic rings. The average molecular weight is 267 g/mol. The van der Waals surface area contributed by atoms with Gasteiger partial charge in [0.1, 0.15) is 0 Å². The van der Waals surface area contributed by atoms with Crippen LogP contribution in [0.3, 0.4) is 0 Å². The molecule has 0 aromatic carbocycles. The van der Waals surface area contributed by atoms with E-state index >= 15 is 0 Å². The van der Waals surface area contributed by atoms with Gasteiger partial charge in [0.05, 0.1) is 18.3 Å². The summed E-state index contributed by atoms with van der Waals surface area (Å²) in [5.74, 6) is -1.23. The van der Waals surface area contributed by atoms with E-state index in [2.05, 4.69) is 25.8 Å². The Bertz CT molecular complexity index is 424. The summed E-state index contributed by atoms with van der Waals surface area (Å²) >= 11 is 0. The van der Waals surface area contributed by atoms with Crippen LogP contribution in [-0.4, -0.2) is 38.8 Å². The molecule has 3 N–H and O–H groups in total. The number of hydrogen-bond acceptors (Lipinski definition) is 5. The highest BCUT2D eigenvalue weighted by molar-refractivity contribution is 5.87. The molecule has 104 valence electrons. The van der Waals surface area contributed by atoms with Crippen LogP contribution in [0.4, 0.5) is 10.7 Å². The number of hydrogen-bond donors (Lipinski definition) is 3. The molecule has 0 aliphatic carbocycles. The molecule has 0 spiro atoms. The number of carbonyl (C=O) groups is 2. The van der Waals surface area contributed by atoms with E-state index in [9.17, 15) is 9.59 Å². The number of aromatic nitrogens is 3. The Morgan fingerprint density at radius 2 is 2.11 bits per heavy atom. The molecule has 0 saturated heterocycles. The highest BCUT2D eigenvalue weighted by Gasteiger charge is 2.19. The molecule has 1 rings (SSSR count). The van der Waals surface area contributed by atoms with E-state index in [1.807, 2.05) is 13.8 Å². The number of carboxylic acid groups (broad SMARTS) is 1. The van der Waals surface area contributed by atoms with Crippen molar-refractivity contribution in [2.75, 3.05) is 11.9 Å². The first-order valence-corrected chi connectivity index (χ1v) is 5.90. The molecule has 0 fully saturated rings. The molecular weight excluding hydrogens is 250 g/mol. The Balaban J connectivity index is 2.42. The van der Waals surface area contributed by atoms with E-state index in [4.69, 9.17) is 5.11 Å². The van der Waals surface area contributed by atoms with E-state index in [0.29, 0.717) is 6.42 Å². The van der Waals surface area contributed by atoms with Crippen molar-refractivity contribution in [3.8, 4) is 0 Å². The van der Waals surface area contributed by atoms with Crippen molar-refractivity contribution in [2.45, 2.75) is 20.3 Å². The van der Waals surface area contributed by atoms with Gasteiger partial charge in [0, 0.05) is 6.54 Å². The van der Waals surface area contributed by atoms with Crippen molar-refractivity contribution < 1.29 is 14.7 Å². The summed E-state index contributed by atoms with van der Waals surface area (Å²) in [6.45, 7) is 3.92. The van der Waals surface area contributed by atoms with Crippen LogP contribution < -0.4 is 10.6 Å². The number of anilines is 1. The predicted molar refractivity (Wildman–Crippen MR) is 67.4 cm³/mol. The number of urea groups is 1. The first-order valence-electron chi connectivity index (χ1n) is 5.90. The summed E-state index contributed by atoms with van der Waals surface area (Å²) in [5, 5.41) is 21.0. The second-order valence-corrected chi connectivity index (χ2v) is 4.47. The van der Waals surface area contributed by atoms with Crippen LogP contribution in [0.5, 0.6) is 0 Å². The topological polar surface area (TPSA) is 117 Å². The van der Waals surface area contributed by atoms with Crippen LogP contribution in [0.2, 0.25) is 0 Å². The van der Waals surface area contributed by atoms with Gasteiger partial charge in [-0.3, -0.25) is 10.1 Å². The van der Waals surface area contributed by atoms with Crippen LogP contribution in [-0.2, 0) is 4.79 Å². The second kappa shape index (κ2) is 7.24. The van der Waals surface area contributed by atoms with Crippen molar-refractivity contribution >= 4 is 17.9 Å². The fourth-order valence-electron chi connectivity index (χ4n) is 1.51. The molecule has 1 heterocycles. The maximum Gasteiger partial charge on any atom is 0.321 e. The minimum Gasteiger partial charge on any atom is -0.481 e. The molecule has 19 heavy (non-hydrogen) atoms. The van der Waals surface area contributed by atoms with Gasteiger partial charge in [-0.2, -0.15) is 5.10 Å². The summed E-state index contributed by atoms with van der Waals surface area (Å²) in [4.78, 5) is 26.3. The van der Waals surface area contributed by atoms with Gasteiger partial charge in [0.15, 0.2) is 0 Å². The van der Waals surface area contributed by atoms with Crippen LogP contribution in [0.25, 0.3) is 0 Å². The molecule has 1 atom stereocenters. The van der Waals surface area contributed by atoms with Gasteiger partial charge in [-0.1, -0.05) is 13.8 Å². The van der Waals surface area contributed by atoms with Crippen molar-refractivity contribution in [1.29, 1.82) is 0 Å². The fraction of sp³-hybridized carbons (Fsp3) is 0.545. The van der Waals surface area contributed by atoms with E-state index < -0.39 is 17.9 Å². The lowest BCUT2D eigenvalue weighted by Crippen LogP contribution is -2.36. The zero-order chi connectivity index (χ0) is 14.3. The van der Waals surface area contributed by atoms with Crippen molar-refractivity contribution in [3.05, 3.63) is 12.4 Å². The monoisotopic (exact) mass is 267 g/mol. The fourth-order valence-corrected chi connectivity index (χ4v) is 1.51. The third-order valence-corrected chi connectivity index (χ3v) is 2.32. The van der Waals surface area contributed by atoms with E-state index in [1.165, 1.54) is 12.4 Å². The second-order valence-electron chi connectivity index (χ2n) is 4.47. The van der Waals surface area contributed by atoms with E-state index in [-0.39, 0.29) is 18.4 Å². The van der Waals surface area contributed by atoms with Crippen LogP contribution in [0.1, 0.15) is 20.3 Å². The molecule has 0 aliphatic heterocycles. The highest BCUT2D eigenvalue weighted by atomic mass is 16.4. The van der Waals surface area contributed by atoms with Crippen LogP contribution >= 0.6 is 0 Å². The smallest absolute Gasteiger partial charge is 0.321 e. The number of nitrogens with zero attached hydrogens (tertiary/aromatic N) is 3. The summed E-state index contributed by atoms with van der Waals surface area (Å²) < 4.78 is 0. The Kier molecular flexibility index (Phi) is 5.65. The quantitative estimate of drug-likeness (QED) is 0.699. The molecule has 8 nitrogen and oxygen atoms in total. The zero-order valence-electron chi connectivity index (χ0n) is 10.8.